The first-order valence-corrected chi connectivity index (χ1v) is 7.67. The average Bonchev–Trinajstić information content (AvgIpc) is 2.45. The summed E-state index contributed by atoms with van der Waals surface area (Å²) in [6, 6.07) is 7.74. The lowest BCUT2D eigenvalue weighted by Crippen LogP contribution is -2.41. The van der Waals surface area contributed by atoms with Gasteiger partial charge in [0.05, 0.1) is 16.8 Å². The second-order valence-electron chi connectivity index (χ2n) is 6.38. The largest absolute Gasteiger partial charge is 0.397 e. The van der Waals surface area contributed by atoms with Crippen LogP contribution in [0.15, 0.2) is 30.5 Å². The van der Waals surface area contributed by atoms with Crippen LogP contribution in [0.4, 0.5) is 11.4 Å². The second-order valence-corrected chi connectivity index (χ2v) is 6.38. The van der Waals surface area contributed by atoms with Gasteiger partial charge in [0.25, 0.3) is 0 Å². The number of nitrogens with zero attached hydrogens (tertiary/aromatic N) is 1. The van der Waals surface area contributed by atoms with Crippen LogP contribution in [-0.4, -0.2) is 22.2 Å². The predicted octanol–water partition coefficient (Wildman–Crippen LogP) is 3.17. The molecule has 0 amide bonds. The molecule has 1 aliphatic carbocycles. The average molecular weight is 285 g/mol. The molecule has 4 nitrogen and oxygen atoms in total. The van der Waals surface area contributed by atoms with Crippen LogP contribution in [0.5, 0.6) is 0 Å². The number of hydrogen-bond donors (Lipinski definition) is 3. The van der Waals surface area contributed by atoms with E-state index in [1.54, 1.807) is 6.20 Å². The van der Waals surface area contributed by atoms with Crippen molar-refractivity contribution in [3.8, 4) is 0 Å². The van der Waals surface area contributed by atoms with Gasteiger partial charge in [0, 0.05) is 23.8 Å². The third-order valence-corrected chi connectivity index (χ3v) is 4.48. The molecule has 1 aromatic heterocycles. The number of para-hydroxylation sites is 1. The van der Waals surface area contributed by atoms with Crippen molar-refractivity contribution in [2.24, 2.45) is 5.92 Å². The number of rotatable bonds is 3. The Morgan fingerprint density at radius 3 is 3.10 bits per heavy atom. The van der Waals surface area contributed by atoms with Crippen LogP contribution in [0.3, 0.4) is 0 Å². The summed E-state index contributed by atoms with van der Waals surface area (Å²) in [6.45, 7) is 2.79. The summed E-state index contributed by atoms with van der Waals surface area (Å²) in [5.41, 5.74) is 7.84. The summed E-state index contributed by atoms with van der Waals surface area (Å²) in [5, 5.41) is 15.1. The molecule has 0 aliphatic heterocycles. The Bertz CT molecular complexity index is 643. The van der Waals surface area contributed by atoms with Crippen molar-refractivity contribution in [2.75, 3.05) is 17.6 Å². The normalized spacial score (nSPS) is 25.9. The summed E-state index contributed by atoms with van der Waals surface area (Å²) in [4.78, 5) is 4.34. The zero-order valence-electron chi connectivity index (χ0n) is 12.5. The summed E-state index contributed by atoms with van der Waals surface area (Å²) < 4.78 is 0. The zero-order valence-corrected chi connectivity index (χ0v) is 12.5. The number of nitrogen functional groups attached to an aromatic ring is 1. The maximum absolute atomic E-state index is 10.7. The van der Waals surface area contributed by atoms with Gasteiger partial charge in [-0.1, -0.05) is 31.9 Å². The highest BCUT2D eigenvalue weighted by atomic mass is 16.3. The molecule has 112 valence electrons. The fourth-order valence-electron chi connectivity index (χ4n) is 3.41. The lowest BCUT2D eigenvalue weighted by Gasteiger charge is -2.36. The van der Waals surface area contributed by atoms with E-state index in [2.05, 4.69) is 17.2 Å². The van der Waals surface area contributed by atoms with Gasteiger partial charge >= 0.3 is 0 Å². The van der Waals surface area contributed by atoms with Crippen LogP contribution >= 0.6 is 0 Å². The summed E-state index contributed by atoms with van der Waals surface area (Å²) in [6.07, 6.45) is 5.82. The first-order valence-electron chi connectivity index (χ1n) is 7.67. The van der Waals surface area contributed by atoms with Gasteiger partial charge in [-0.2, -0.15) is 0 Å². The minimum absolute atomic E-state index is 0.575. The fraction of sp³-hybridized carbons (Fsp3) is 0.471. The Kier molecular flexibility index (Phi) is 3.72. The van der Waals surface area contributed by atoms with Crippen LogP contribution in [0.2, 0.25) is 0 Å². The maximum Gasteiger partial charge on any atom is 0.0951 e. The molecule has 1 saturated carbocycles. The number of aliphatic hydroxyl groups is 1. The van der Waals surface area contributed by atoms with Crippen molar-refractivity contribution in [1.82, 2.24) is 4.98 Å². The molecule has 2 unspecified atom stereocenters. The molecule has 21 heavy (non-hydrogen) atoms. The van der Waals surface area contributed by atoms with E-state index in [0.29, 0.717) is 18.2 Å². The number of nitrogens with one attached hydrogen (secondary N) is 1. The zero-order chi connectivity index (χ0) is 14.9. The Labute approximate surface area is 125 Å². The van der Waals surface area contributed by atoms with E-state index in [4.69, 9.17) is 5.73 Å². The molecule has 0 saturated heterocycles. The number of anilines is 2. The Morgan fingerprint density at radius 1 is 1.43 bits per heavy atom. The topological polar surface area (TPSA) is 71.2 Å². The molecule has 1 aromatic carbocycles. The fourth-order valence-corrected chi connectivity index (χ4v) is 3.41. The molecule has 3 rings (SSSR count). The number of hydrogen-bond acceptors (Lipinski definition) is 4. The van der Waals surface area contributed by atoms with Gasteiger partial charge < -0.3 is 16.2 Å². The molecule has 4 heteroatoms. The lowest BCUT2D eigenvalue weighted by molar-refractivity contribution is -0.000738. The molecule has 1 aliphatic rings. The first kappa shape index (κ1) is 14.1. The van der Waals surface area contributed by atoms with Crippen molar-refractivity contribution in [2.45, 2.75) is 38.2 Å². The number of pyridine rings is 1. The first-order chi connectivity index (χ1) is 10.1. The van der Waals surface area contributed by atoms with E-state index in [1.165, 1.54) is 6.42 Å². The molecular formula is C17H23N3O. The quantitative estimate of drug-likeness (QED) is 0.757. The number of fused-ring (bicyclic) bond motifs is 1. The van der Waals surface area contributed by atoms with E-state index in [1.807, 2.05) is 24.3 Å². The van der Waals surface area contributed by atoms with E-state index >= 15 is 0 Å². The van der Waals surface area contributed by atoms with E-state index in [0.717, 1.165) is 35.9 Å². The van der Waals surface area contributed by atoms with Crippen LogP contribution in [0, 0.1) is 5.92 Å². The van der Waals surface area contributed by atoms with Crippen molar-refractivity contribution in [1.29, 1.82) is 0 Å². The third-order valence-electron chi connectivity index (χ3n) is 4.48. The monoisotopic (exact) mass is 285 g/mol. The van der Waals surface area contributed by atoms with E-state index < -0.39 is 5.60 Å². The van der Waals surface area contributed by atoms with Gasteiger partial charge in [0.1, 0.15) is 0 Å². The third kappa shape index (κ3) is 2.95. The van der Waals surface area contributed by atoms with E-state index in [9.17, 15) is 5.11 Å². The molecule has 4 N–H and O–H groups in total. The Balaban J connectivity index is 1.81. The van der Waals surface area contributed by atoms with Crippen LogP contribution in [0.1, 0.15) is 32.6 Å². The minimum atomic E-state index is -0.604. The van der Waals surface area contributed by atoms with Crippen molar-refractivity contribution in [3.63, 3.8) is 0 Å². The van der Waals surface area contributed by atoms with Gasteiger partial charge in [0.15, 0.2) is 0 Å². The second kappa shape index (κ2) is 5.53. The molecule has 1 heterocycles. The molecule has 2 atom stereocenters. The Morgan fingerprint density at radius 2 is 2.29 bits per heavy atom. The summed E-state index contributed by atoms with van der Waals surface area (Å²) >= 11 is 0. The number of aromatic nitrogens is 1. The number of benzene rings is 1. The van der Waals surface area contributed by atoms with Gasteiger partial charge in [-0.05, 0) is 30.9 Å². The molecule has 2 aromatic rings. The molecule has 0 spiro atoms. The van der Waals surface area contributed by atoms with Crippen molar-refractivity contribution < 1.29 is 5.11 Å². The highest BCUT2D eigenvalue weighted by molar-refractivity contribution is 5.97. The van der Waals surface area contributed by atoms with Crippen molar-refractivity contribution >= 4 is 22.3 Å². The van der Waals surface area contributed by atoms with Gasteiger partial charge in [-0.15, -0.1) is 0 Å². The lowest BCUT2D eigenvalue weighted by atomic mass is 9.79. The van der Waals surface area contributed by atoms with Gasteiger partial charge in [-0.3, -0.25) is 4.98 Å². The Hall–Kier alpha value is -1.81. The van der Waals surface area contributed by atoms with Gasteiger partial charge in [0.2, 0.25) is 0 Å². The highest BCUT2D eigenvalue weighted by Gasteiger charge is 2.32. The smallest absolute Gasteiger partial charge is 0.0951 e. The van der Waals surface area contributed by atoms with Crippen LogP contribution in [0.25, 0.3) is 10.9 Å². The summed E-state index contributed by atoms with van der Waals surface area (Å²) in [7, 11) is 0. The maximum atomic E-state index is 10.7. The molecule has 1 fully saturated rings. The van der Waals surface area contributed by atoms with Crippen LogP contribution in [-0.2, 0) is 0 Å². The van der Waals surface area contributed by atoms with Crippen molar-refractivity contribution in [3.05, 3.63) is 30.5 Å². The molecule has 0 radical (unpaired) electrons. The molecular weight excluding hydrogens is 262 g/mol. The minimum Gasteiger partial charge on any atom is -0.397 e. The van der Waals surface area contributed by atoms with Crippen LogP contribution < -0.4 is 11.1 Å². The summed E-state index contributed by atoms with van der Waals surface area (Å²) in [5.74, 6) is 0.593. The molecule has 0 bridgehead atoms. The standard InChI is InChI=1S/C17H23N3O/c1-12-4-3-8-17(21,10-12)11-20-15-7-9-19-16-13(15)5-2-6-14(16)18/h2,5-7,9,12,21H,3-4,8,10-11,18H2,1H3,(H,19,20). The number of nitrogens with two attached hydrogens (primary N) is 1. The highest BCUT2D eigenvalue weighted by Crippen LogP contribution is 2.33. The van der Waals surface area contributed by atoms with E-state index in [-0.39, 0.29) is 0 Å². The van der Waals surface area contributed by atoms with Gasteiger partial charge in [-0.25, -0.2) is 0 Å². The predicted molar refractivity (Wildman–Crippen MR) is 87.2 cm³/mol. The SMILES string of the molecule is CC1CCCC(O)(CNc2ccnc3c(N)cccc23)C1.